The number of amides is 1. The SMILES string of the molecule is COc1ccc(CC(=O)OCC(=O)Nc2cccc3nsnc23)cc1. The third kappa shape index (κ3) is 4.30. The first-order valence-corrected chi connectivity index (χ1v) is 8.18. The van der Waals surface area contributed by atoms with Crippen LogP contribution in [0.4, 0.5) is 5.69 Å². The maximum absolute atomic E-state index is 12.0. The van der Waals surface area contributed by atoms with Crippen LogP contribution in [0.2, 0.25) is 0 Å². The van der Waals surface area contributed by atoms with Crippen LogP contribution in [0, 0.1) is 0 Å². The Hall–Kier alpha value is -3.00. The molecule has 0 fully saturated rings. The second-order valence-electron chi connectivity index (χ2n) is 5.17. The lowest BCUT2D eigenvalue weighted by molar-refractivity contribution is -0.146. The van der Waals surface area contributed by atoms with Gasteiger partial charge in [0.05, 0.1) is 30.9 Å². The highest BCUT2D eigenvalue weighted by Crippen LogP contribution is 2.21. The topological polar surface area (TPSA) is 90.4 Å². The Morgan fingerprint density at radius 2 is 1.92 bits per heavy atom. The van der Waals surface area contributed by atoms with Gasteiger partial charge < -0.3 is 14.8 Å². The van der Waals surface area contributed by atoms with Crippen LogP contribution in [-0.4, -0.2) is 34.3 Å². The number of rotatable bonds is 6. The van der Waals surface area contributed by atoms with Gasteiger partial charge in [0.2, 0.25) is 0 Å². The van der Waals surface area contributed by atoms with E-state index in [1.165, 1.54) is 0 Å². The number of aromatic nitrogens is 2. The summed E-state index contributed by atoms with van der Waals surface area (Å²) in [4.78, 5) is 23.8. The molecule has 0 unspecified atom stereocenters. The van der Waals surface area contributed by atoms with Gasteiger partial charge in [0, 0.05) is 0 Å². The van der Waals surface area contributed by atoms with E-state index in [1.54, 1.807) is 43.5 Å². The molecule has 25 heavy (non-hydrogen) atoms. The van der Waals surface area contributed by atoms with Gasteiger partial charge in [0.1, 0.15) is 16.8 Å². The molecular weight excluding hydrogens is 342 g/mol. The van der Waals surface area contributed by atoms with Gasteiger partial charge in [0.25, 0.3) is 5.91 Å². The molecule has 1 N–H and O–H groups in total. The van der Waals surface area contributed by atoms with Crippen molar-refractivity contribution in [3.63, 3.8) is 0 Å². The molecule has 0 atom stereocenters. The molecule has 0 spiro atoms. The smallest absolute Gasteiger partial charge is 0.310 e. The van der Waals surface area contributed by atoms with E-state index in [4.69, 9.17) is 9.47 Å². The molecule has 8 heteroatoms. The van der Waals surface area contributed by atoms with Crippen LogP contribution in [-0.2, 0) is 20.7 Å². The first-order chi connectivity index (χ1) is 12.2. The summed E-state index contributed by atoms with van der Waals surface area (Å²) in [6.45, 7) is -0.358. The van der Waals surface area contributed by atoms with Gasteiger partial charge in [-0.2, -0.15) is 8.75 Å². The number of carbonyl (C=O) groups is 2. The highest BCUT2D eigenvalue weighted by atomic mass is 32.1. The predicted molar refractivity (Wildman–Crippen MR) is 93.7 cm³/mol. The zero-order valence-electron chi connectivity index (χ0n) is 13.4. The second-order valence-corrected chi connectivity index (χ2v) is 5.70. The Kier molecular flexibility index (Phi) is 5.20. The molecule has 2 aromatic carbocycles. The van der Waals surface area contributed by atoms with Crippen LogP contribution in [0.1, 0.15) is 5.56 Å². The summed E-state index contributed by atoms with van der Waals surface area (Å²) in [5.41, 5.74) is 2.65. The molecule has 0 saturated heterocycles. The van der Waals surface area contributed by atoms with Crippen LogP contribution in [0.3, 0.4) is 0 Å². The van der Waals surface area contributed by atoms with E-state index in [2.05, 4.69) is 14.1 Å². The fourth-order valence-corrected chi connectivity index (χ4v) is 2.75. The van der Waals surface area contributed by atoms with E-state index < -0.39 is 11.9 Å². The summed E-state index contributed by atoms with van der Waals surface area (Å²) in [7, 11) is 1.57. The van der Waals surface area contributed by atoms with E-state index in [1.807, 2.05) is 6.07 Å². The van der Waals surface area contributed by atoms with Crippen molar-refractivity contribution in [1.82, 2.24) is 8.75 Å². The molecule has 7 nitrogen and oxygen atoms in total. The molecule has 0 saturated carbocycles. The number of ether oxygens (including phenoxy) is 2. The first-order valence-electron chi connectivity index (χ1n) is 7.45. The van der Waals surface area contributed by atoms with E-state index in [9.17, 15) is 9.59 Å². The Morgan fingerprint density at radius 1 is 1.12 bits per heavy atom. The maximum Gasteiger partial charge on any atom is 0.310 e. The normalized spacial score (nSPS) is 10.4. The molecule has 0 radical (unpaired) electrons. The van der Waals surface area contributed by atoms with E-state index >= 15 is 0 Å². The van der Waals surface area contributed by atoms with E-state index in [-0.39, 0.29) is 13.0 Å². The highest BCUT2D eigenvalue weighted by molar-refractivity contribution is 7.00. The molecule has 128 valence electrons. The van der Waals surface area contributed by atoms with Gasteiger partial charge in [-0.15, -0.1) is 0 Å². The Morgan fingerprint density at radius 3 is 2.68 bits per heavy atom. The molecule has 1 heterocycles. The maximum atomic E-state index is 12.0. The Balaban J connectivity index is 1.51. The van der Waals surface area contributed by atoms with Gasteiger partial charge in [0.15, 0.2) is 6.61 Å². The van der Waals surface area contributed by atoms with Gasteiger partial charge >= 0.3 is 5.97 Å². The van der Waals surface area contributed by atoms with Crippen molar-refractivity contribution in [2.45, 2.75) is 6.42 Å². The lowest BCUT2D eigenvalue weighted by atomic mass is 10.1. The van der Waals surface area contributed by atoms with Crippen LogP contribution in [0.15, 0.2) is 42.5 Å². The van der Waals surface area contributed by atoms with Gasteiger partial charge in [-0.1, -0.05) is 18.2 Å². The quantitative estimate of drug-likeness (QED) is 0.682. The zero-order chi connectivity index (χ0) is 17.6. The average Bonchev–Trinajstić information content (AvgIpc) is 3.10. The fourth-order valence-electron chi connectivity index (χ4n) is 2.20. The van der Waals surface area contributed by atoms with Crippen LogP contribution in [0.5, 0.6) is 5.75 Å². The van der Waals surface area contributed by atoms with Crippen molar-refractivity contribution in [2.24, 2.45) is 0 Å². The highest BCUT2D eigenvalue weighted by Gasteiger charge is 2.11. The minimum atomic E-state index is -0.478. The van der Waals surface area contributed by atoms with Gasteiger partial charge in [-0.25, -0.2) is 0 Å². The largest absolute Gasteiger partial charge is 0.497 e. The fraction of sp³-hybridized carbons (Fsp3) is 0.176. The number of benzene rings is 2. The molecule has 1 aromatic heterocycles. The van der Waals surface area contributed by atoms with Crippen molar-refractivity contribution in [3.8, 4) is 5.75 Å². The van der Waals surface area contributed by atoms with Gasteiger partial charge in [-0.05, 0) is 29.8 Å². The second kappa shape index (κ2) is 7.71. The summed E-state index contributed by atoms with van der Waals surface area (Å²) < 4.78 is 18.3. The number of nitrogens with zero attached hydrogens (tertiary/aromatic N) is 2. The molecule has 0 aliphatic heterocycles. The monoisotopic (exact) mass is 357 g/mol. The molecule has 0 aliphatic carbocycles. The van der Waals surface area contributed by atoms with Gasteiger partial charge in [-0.3, -0.25) is 9.59 Å². The lowest BCUT2D eigenvalue weighted by Crippen LogP contribution is -2.21. The van der Waals surface area contributed by atoms with Crippen molar-refractivity contribution in [1.29, 1.82) is 0 Å². The third-order valence-corrected chi connectivity index (χ3v) is 3.97. The average molecular weight is 357 g/mol. The molecule has 0 bridgehead atoms. The number of esters is 1. The number of hydrogen-bond acceptors (Lipinski definition) is 7. The standard InChI is InChI=1S/C17H15N3O4S/c1-23-12-7-5-11(6-8-12)9-16(22)24-10-15(21)18-13-3-2-4-14-17(13)20-25-19-14/h2-8H,9-10H2,1H3,(H,18,21). The van der Waals surface area contributed by atoms with Crippen molar-refractivity contribution in [3.05, 3.63) is 48.0 Å². The summed E-state index contributed by atoms with van der Waals surface area (Å²) >= 11 is 1.07. The third-order valence-electron chi connectivity index (χ3n) is 3.43. The summed E-state index contributed by atoms with van der Waals surface area (Å²) in [5.74, 6) is -0.195. The van der Waals surface area contributed by atoms with Crippen molar-refractivity contribution < 1.29 is 19.1 Å². The molecule has 3 aromatic rings. The van der Waals surface area contributed by atoms with Crippen LogP contribution in [0.25, 0.3) is 11.0 Å². The number of methoxy groups -OCH3 is 1. The number of fused-ring (bicyclic) bond motifs is 1. The van der Waals surface area contributed by atoms with Crippen LogP contribution >= 0.6 is 11.7 Å². The zero-order valence-corrected chi connectivity index (χ0v) is 14.2. The lowest BCUT2D eigenvalue weighted by Gasteiger charge is -2.07. The molecule has 0 aliphatic rings. The number of carbonyl (C=O) groups excluding carboxylic acids is 2. The Labute approximate surface area is 147 Å². The minimum absolute atomic E-state index is 0.0862. The summed E-state index contributed by atoms with van der Waals surface area (Å²) in [5, 5.41) is 2.68. The molecular formula is C17H15N3O4S. The van der Waals surface area contributed by atoms with E-state index in [0.717, 1.165) is 17.3 Å². The van der Waals surface area contributed by atoms with Crippen molar-refractivity contribution in [2.75, 3.05) is 19.0 Å². The predicted octanol–water partition coefficient (Wildman–Crippen LogP) is 2.42. The van der Waals surface area contributed by atoms with Crippen LogP contribution < -0.4 is 10.1 Å². The number of hydrogen-bond donors (Lipinski definition) is 1. The summed E-state index contributed by atoms with van der Waals surface area (Å²) in [6, 6.07) is 12.4. The Bertz CT molecular complexity index is 892. The number of anilines is 1. The molecule has 3 rings (SSSR count). The number of nitrogens with one attached hydrogen (secondary N) is 1. The first kappa shape index (κ1) is 16.8. The summed E-state index contributed by atoms with van der Waals surface area (Å²) in [6.07, 6.45) is 0.0862. The molecule has 1 amide bonds. The van der Waals surface area contributed by atoms with E-state index in [0.29, 0.717) is 22.5 Å². The van der Waals surface area contributed by atoms with Crippen molar-refractivity contribution >= 4 is 40.3 Å². The minimum Gasteiger partial charge on any atom is -0.497 e.